The molecule has 7 nitrogen and oxygen atoms in total. The summed E-state index contributed by atoms with van der Waals surface area (Å²) < 4.78 is 16.6. The summed E-state index contributed by atoms with van der Waals surface area (Å²) in [5, 5.41) is 0.652. The molecule has 0 saturated carbocycles. The molecule has 0 bridgehead atoms. The Morgan fingerprint density at radius 1 is 1.06 bits per heavy atom. The fraction of sp³-hybridized carbons (Fsp3) is 0.261. The molecule has 3 rings (SSSR count). The van der Waals surface area contributed by atoms with Crippen molar-refractivity contribution in [2.45, 2.75) is 19.4 Å². The van der Waals surface area contributed by atoms with Gasteiger partial charge in [-0.2, -0.15) is 0 Å². The number of nitrogens with zero attached hydrogens (tertiary/aromatic N) is 2. The Labute approximate surface area is 196 Å². The maximum Gasteiger partial charge on any atom is 0.335 e. The first-order valence-electron chi connectivity index (χ1n) is 10.0. The molecule has 1 atom stereocenters. The number of esters is 1. The van der Waals surface area contributed by atoms with Crippen LogP contribution >= 0.6 is 23.2 Å². The number of hydrogen-bond acceptors (Lipinski definition) is 7. The third-order valence-electron chi connectivity index (χ3n) is 4.41. The van der Waals surface area contributed by atoms with Crippen LogP contribution < -0.4 is 10.5 Å². The summed E-state index contributed by atoms with van der Waals surface area (Å²) in [5.41, 5.74) is 7.80. The summed E-state index contributed by atoms with van der Waals surface area (Å²) >= 11 is 12.3. The third kappa shape index (κ3) is 6.82. The van der Waals surface area contributed by atoms with E-state index < -0.39 is 12.1 Å². The van der Waals surface area contributed by atoms with E-state index in [2.05, 4.69) is 9.97 Å². The van der Waals surface area contributed by atoms with Crippen molar-refractivity contribution in [3.8, 4) is 17.0 Å². The summed E-state index contributed by atoms with van der Waals surface area (Å²) in [7, 11) is 0. The van der Waals surface area contributed by atoms with Crippen LogP contribution in [0, 0.1) is 0 Å². The Morgan fingerprint density at radius 3 is 2.53 bits per heavy atom. The van der Waals surface area contributed by atoms with E-state index in [9.17, 15) is 4.79 Å². The van der Waals surface area contributed by atoms with Gasteiger partial charge in [0.15, 0.2) is 6.10 Å². The number of halogens is 2. The lowest BCUT2D eigenvalue weighted by Gasteiger charge is -2.17. The number of nitrogens with two attached hydrogens (primary N) is 1. The van der Waals surface area contributed by atoms with Crippen molar-refractivity contribution < 1.29 is 19.0 Å². The Hall–Kier alpha value is -2.87. The number of aromatic nitrogens is 2. The lowest BCUT2D eigenvalue weighted by Crippen LogP contribution is -2.30. The highest BCUT2D eigenvalue weighted by Gasteiger charge is 2.21. The van der Waals surface area contributed by atoms with E-state index in [1.165, 1.54) is 0 Å². The van der Waals surface area contributed by atoms with Crippen molar-refractivity contribution in [2.75, 3.05) is 25.6 Å². The van der Waals surface area contributed by atoms with Gasteiger partial charge in [0.25, 0.3) is 0 Å². The number of hydrogen-bond donors (Lipinski definition) is 1. The van der Waals surface area contributed by atoms with E-state index in [0.717, 1.165) is 5.56 Å². The smallest absolute Gasteiger partial charge is 0.335 e. The van der Waals surface area contributed by atoms with Crippen LogP contribution in [0.15, 0.2) is 54.6 Å². The second-order valence-corrected chi connectivity index (χ2v) is 7.52. The second-order valence-electron chi connectivity index (χ2n) is 6.73. The van der Waals surface area contributed by atoms with Gasteiger partial charge in [-0.3, -0.25) is 0 Å². The Morgan fingerprint density at radius 2 is 1.84 bits per heavy atom. The van der Waals surface area contributed by atoms with E-state index in [4.69, 9.17) is 43.1 Å². The number of nitrogen functional groups attached to an aromatic ring is 1. The number of carbonyl (C=O) groups is 1. The fourth-order valence-corrected chi connectivity index (χ4v) is 3.45. The molecule has 1 aromatic heterocycles. The molecule has 1 unspecified atom stereocenters. The molecule has 0 aliphatic rings. The largest absolute Gasteiger partial charge is 0.491 e. The van der Waals surface area contributed by atoms with Crippen LogP contribution in [0.4, 0.5) is 5.95 Å². The number of anilines is 1. The average molecular weight is 476 g/mol. The van der Waals surface area contributed by atoms with Gasteiger partial charge in [0, 0.05) is 18.1 Å². The quantitative estimate of drug-likeness (QED) is 0.260. The lowest BCUT2D eigenvalue weighted by molar-refractivity contribution is -0.157. The van der Waals surface area contributed by atoms with E-state index in [1.54, 1.807) is 31.2 Å². The molecule has 0 amide bonds. The zero-order valence-corrected chi connectivity index (χ0v) is 19.0. The second kappa shape index (κ2) is 11.7. The topological polar surface area (TPSA) is 96.6 Å². The minimum absolute atomic E-state index is 0.0627. The molecule has 0 aliphatic carbocycles. The number of rotatable bonds is 10. The first kappa shape index (κ1) is 23.8. The van der Waals surface area contributed by atoms with Crippen LogP contribution in [0.5, 0.6) is 5.75 Å². The first-order chi connectivity index (χ1) is 15.5. The summed E-state index contributed by atoms with van der Waals surface area (Å²) in [4.78, 5) is 20.2. The van der Waals surface area contributed by atoms with Gasteiger partial charge < -0.3 is 19.9 Å². The van der Waals surface area contributed by atoms with Crippen LogP contribution in [0.1, 0.15) is 12.5 Å². The van der Waals surface area contributed by atoms with Crippen molar-refractivity contribution in [1.82, 2.24) is 9.97 Å². The number of ether oxygens (including phenoxy) is 3. The molecule has 0 saturated heterocycles. The normalized spacial score (nSPS) is 11.7. The van der Waals surface area contributed by atoms with Gasteiger partial charge in [-0.25, -0.2) is 14.8 Å². The van der Waals surface area contributed by atoms with E-state index in [-0.39, 0.29) is 30.9 Å². The van der Waals surface area contributed by atoms with Gasteiger partial charge in [-0.05, 0) is 30.7 Å². The van der Waals surface area contributed by atoms with Gasteiger partial charge in [0.05, 0.1) is 23.9 Å². The van der Waals surface area contributed by atoms with Gasteiger partial charge in [0.2, 0.25) is 5.95 Å². The lowest BCUT2D eigenvalue weighted by atomic mass is 10.1. The molecule has 0 spiro atoms. The molecule has 2 aromatic carbocycles. The molecule has 1 heterocycles. The minimum Gasteiger partial charge on any atom is -0.491 e. The summed E-state index contributed by atoms with van der Waals surface area (Å²) in [5.74, 6) is 0.213. The molecular formula is C23H23Cl2N3O4. The average Bonchev–Trinajstić information content (AvgIpc) is 2.76. The van der Waals surface area contributed by atoms with Gasteiger partial charge >= 0.3 is 5.97 Å². The van der Waals surface area contributed by atoms with E-state index in [1.807, 2.05) is 30.3 Å². The minimum atomic E-state index is -0.708. The highest BCUT2D eigenvalue weighted by atomic mass is 35.5. The van der Waals surface area contributed by atoms with Crippen LogP contribution in [-0.2, 0) is 20.7 Å². The summed E-state index contributed by atoms with van der Waals surface area (Å²) in [6.45, 7) is 2.48. The van der Waals surface area contributed by atoms with Crippen molar-refractivity contribution in [1.29, 1.82) is 0 Å². The maximum atomic E-state index is 12.2. The fourth-order valence-electron chi connectivity index (χ4n) is 2.99. The van der Waals surface area contributed by atoms with Crippen molar-refractivity contribution in [3.63, 3.8) is 0 Å². The molecule has 3 aromatic rings. The highest BCUT2D eigenvalue weighted by Crippen LogP contribution is 2.31. The standard InChI is InChI=1S/C23H23Cl2N3O4/c1-2-30-22(29)20(12-15-6-4-3-5-7-15)32-11-10-31-16-8-9-17(18(24)13-16)19-14-21(25)28-23(26)27-19/h3-9,13-14,20H,2,10-12H2,1H3,(H2,26,27,28). The molecule has 0 radical (unpaired) electrons. The Balaban J connectivity index is 1.57. The predicted octanol–water partition coefficient (Wildman–Crippen LogP) is 4.60. The monoisotopic (exact) mass is 475 g/mol. The van der Waals surface area contributed by atoms with Gasteiger partial charge in [-0.15, -0.1) is 0 Å². The molecular weight excluding hydrogens is 453 g/mol. The van der Waals surface area contributed by atoms with Crippen molar-refractivity contribution >= 4 is 35.1 Å². The molecule has 9 heteroatoms. The Bertz CT molecular complexity index is 1030. The Kier molecular flexibility index (Phi) is 8.67. The number of carbonyl (C=O) groups excluding carboxylic acids is 1. The van der Waals surface area contributed by atoms with Crippen LogP contribution in [0.2, 0.25) is 10.2 Å². The van der Waals surface area contributed by atoms with E-state index >= 15 is 0 Å². The third-order valence-corrected chi connectivity index (χ3v) is 4.92. The summed E-state index contributed by atoms with van der Waals surface area (Å²) in [6, 6.07) is 16.4. The predicted molar refractivity (Wildman–Crippen MR) is 124 cm³/mol. The van der Waals surface area contributed by atoms with Crippen LogP contribution in [0.3, 0.4) is 0 Å². The summed E-state index contributed by atoms with van der Waals surface area (Å²) in [6.07, 6.45) is -0.287. The van der Waals surface area contributed by atoms with Gasteiger partial charge in [0.1, 0.15) is 17.5 Å². The van der Waals surface area contributed by atoms with Gasteiger partial charge in [-0.1, -0.05) is 53.5 Å². The highest BCUT2D eigenvalue weighted by molar-refractivity contribution is 6.33. The van der Waals surface area contributed by atoms with Crippen LogP contribution in [-0.4, -0.2) is 41.9 Å². The maximum absolute atomic E-state index is 12.2. The van der Waals surface area contributed by atoms with Crippen LogP contribution in [0.25, 0.3) is 11.3 Å². The molecule has 0 aliphatic heterocycles. The SMILES string of the molecule is CCOC(=O)C(Cc1ccccc1)OCCOc1ccc(-c2cc(Cl)nc(N)n2)c(Cl)c1. The van der Waals surface area contributed by atoms with Crippen molar-refractivity contribution in [2.24, 2.45) is 0 Å². The zero-order valence-electron chi connectivity index (χ0n) is 17.5. The van der Waals surface area contributed by atoms with Crippen molar-refractivity contribution in [3.05, 3.63) is 70.3 Å². The zero-order chi connectivity index (χ0) is 22.9. The molecule has 168 valence electrons. The first-order valence-corrected chi connectivity index (χ1v) is 10.8. The molecule has 32 heavy (non-hydrogen) atoms. The number of benzene rings is 2. The molecule has 2 N–H and O–H groups in total. The molecule has 0 fully saturated rings. The van der Waals surface area contributed by atoms with E-state index in [0.29, 0.717) is 28.5 Å².